The van der Waals surface area contributed by atoms with E-state index >= 15 is 0 Å². The summed E-state index contributed by atoms with van der Waals surface area (Å²) in [5, 5.41) is 13.6. The van der Waals surface area contributed by atoms with Crippen molar-refractivity contribution in [3.8, 4) is 0 Å². The Morgan fingerprint density at radius 2 is 1.95 bits per heavy atom. The molecular formula is C13H9ClF2N2O2. The molecule has 0 aliphatic heterocycles. The van der Waals surface area contributed by atoms with Crippen LogP contribution < -0.4 is 5.32 Å². The van der Waals surface area contributed by atoms with Gasteiger partial charge in [0, 0.05) is 23.2 Å². The molecule has 104 valence electrons. The highest BCUT2D eigenvalue weighted by molar-refractivity contribution is 6.30. The van der Waals surface area contributed by atoms with Crippen molar-refractivity contribution in [2.75, 3.05) is 5.32 Å². The summed E-state index contributed by atoms with van der Waals surface area (Å²) in [6.07, 6.45) is 0. The lowest BCUT2D eigenvalue weighted by atomic mass is 10.2. The largest absolute Gasteiger partial charge is 0.373 e. The quantitative estimate of drug-likeness (QED) is 0.682. The number of anilines is 1. The molecule has 0 spiro atoms. The van der Waals surface area contributed by atoms with Gasteiger partial charge in [-0.2, -0.15) is 0 Å². The number of nitrogens with zero attached hydrogens (tertiary/aromatic N) is 1. The minimum absolute atomic E-state index is 0.0925. The average molecular weight is 299 g/mol. The van der Waals surface area contributed by atoms with Crippen LogP contribution in [0.4, 0.5) is 20.2 Å². The molecule has 0 saturated carbocycles. The van der Waals surface area contributed by atoms with Crippen LogP contribution in [0, 0.1) is 21.7 Å². The van der Waals surface area contributed by atoms with Crippen molar-refractivity contribution < 1.29 is 13.7 Å². The van der Waals surface area contributed by atoms with Crippen LogP contribution in [0.15, 0.2) is 36.4 Å². The second-order valence-corrected chi connectivity index (χ2v) is 4.42. The Bertz CT molecular complexity index is 665. The molecule has 4 nitrogen and oxygen atoms in total. The third kappa shape index (κ3) is 3.03. The molecule has 7 heteroatoms. The third-order valence-corrected chi connectivity index (χ3v) is 2.89. The van der Waals surface area contributed by atoms with Crippen molar-refractivity contribution in [3.63, 3.8) is 0 Å². The molecule has 1 N–H and O–H groups in total. The van der Waals surface area contributed by atoms with E-state index in [1.807, 2.05) is 0 Å². The van der Waals surface area contributed by atoms with Gasteiger partial charge >= 0.3 is 0 Å². The molecule has 0 heterocycles. The zero-order valence-corrected chi connectivity index (χ0v) is 10.8. The first-order valence-electron chi connectivity index (χ1n) is 5.59. The monoisotopic (exact) mass is 298 g/mol. The van der Waals surface area contributed by atoms with Crippen molar-refractivity contribution >= 4 is 23.0 Å². The van der Waals surface area contributed by atoms with Gasteiger partial charge in [0.15, 0.2) is 5.82 Å². The molecule has 2 aromatic carbocycles. The summed E-state index contributed by atoms with van der Waals surface area (Å²) in [5.41, 5.74) is -0.446. The Morgan fingerprint density at radius 3 is 2.60 bits per heavy atom. The third-order valence-electron chi connectivity index (χ3n) is 2.66. The molecule has 0 radical (unpaired) electrons. The van der Waals surface area contributed by atoms with E-state index in [9.17, 15) is 18.9 Å². The van der Waals surface area contributed by atoms with E-state index in [4.69, 9.17) is 11.6 Å². The average Bonchev–Trinajstić information content (AvgIpc) is 2.38. The van der Waals surface area contributed by atoms with Gasteiger partial charge in [0.05, 0.1) is 4.92 Å². The molecule has 20 heavy (non-hydrogen) atoms. The minimum Gasteiger partial charge on any atom is -0.373 e. The molecule has 0 aliphatic rings. The van der Waals surface area contributed by atoms with Crippen molar-refractivity contribution in [1.82, 2.24) is 0 Å². The van der Waals surface area contributed by atoms with E-state index in [0.29, 0.717) is 0 Å². The Morgan fingerprint density at radius 1 is 1.20 bits per heavy atom. The van der Waals surface area contributed by atoms with Gasteiger partial charge in [0.1, 0.15) is 11.5 Å². The number of hydrogen-bond donors (Lipinski definition) is 1. The van der Waals surface area contributed by atoms with Gasteiger partial charge < -0.3 is 5.32 Å². The van der Waals surface area contributed by atoms with Gasteiger partial charge in [0.25, 0.3) is 5.69 Å². The molecule has 0 bridgehead atoms. The molecule has 0 unspecified atom stereocenters. The van der Waals surface area contributed by atoms with Gasteiger partial charge in [-0.05, 0) is 18.2 Å². The molecule has 0 saturated heterocycles. The van der Waals surface area contributed by atoms with Crippen molar-refractivity contribution in [1.29, 1.82) is 0 Å². The minimum atomic E-state index is -0.770. The number of hydrogen-bond acceptors (Lipinski definition) is 3. The topological polar surface area (TPSA) is 55.2 Å². The van der Waals surface area contributed by atoms with E-state index in [1.165, 1.54) is 24.3 Å². The summed E-state index contributed by atoms with van der Waals surface area (Å²) in [6, 6.07) is 7.53. The van der Waals surface area contributed by atoms with Gasteiger partial charge in [-0.15, -0.1) is 0 Å². The summed E-state index contributed by atoms with van der Waals surface area (Å²) >= 11 is 5.62. The molecular weight excluding hydrogens is 290 g/mol. The maximum atomic E-state index is 13.6. The van der Waals surface area contributed by atoms with E-state index in [2.05, 4.69) is 5.32 Å². The Hall–Kier alpha value is -2.21. The normalized spacial score (nSPS) is 10.3. The molecule has 2 aromatic rings. The maximum Gasteiger partial charge on any atom is 0.295 e. The molecule has 0 amide bonds. The predicted molar refractivity (Wildman–Crippen MR) is 71.8 cm³/mol. The predicted octanol–water partition coefficient (Wildman–Crippen LogP) is 4.14. The fraction of sp³-hybridized carbons (Fsp3) is 0.0769. The Labute approximate surface area is 118 Å². The molecule has 0 aliphatic carbocycles. The highest BCUT2D eigenvalue weighted by Gasteiger charge is 2.17. The van der Waals surface area contributed by atoms with Crippen molar-refractivity contribution in [2.45, 2.75) is 6.54 Å². The number of rotatable bonds is 4. The molecule has 0 atom stereocenters. The van der Waals surface area contributed by atoms with Crippen LogP contribution in [0.2, 0.25) is 5.02 Å². The van der Waals surface area contributed by atoms with E-state index in [1.54, 1.807) is 0 Å². The Balaban J connectivity index is 2.25. The van der Waals surface area contributed by atoms with E-state index < -0.39 is 22.2 Å². The first kappa shape index (κ1) is 14.2. The number of halogens is 3. The highest BCUT2D eigenvalue weighted by Crippen LogP contribution is 2.27. The van der Waals surface area contributed by atoms with Crippen LogP contribution in [0.3, 0.4) is 0 Å². The second kappa shape index (κ2) is 5.83. The van der Waals surface area contributed by atoms with E-state index in [-0.39, 0.29) is 22.8 Å². The smallest absolute Gasteiger partial charge is 0.295 e. The van der Waals surface area contributed by atoms with Crippen LogP contribution in [-0.4, -0.2) is 4.92 Å². The lowest BCUT2D eigenvalue weighted by Crippen LogP contribution is -2.06. The van der Waals surface area contributed by atoms with Crippen LogP contribution in [0.25, 0.3) is 0 Å². The molecule has 2 rings (SSSR count). The fourth-order valence-electron chi connectivity index (χ4n) is 1.69. The van der Waals surface area contributed by atoms with E-state index in [0.717, 1.165) is 12.1 Å². The van der Waals surface area contributed by atoms with Gasteiger partial charge in [-0.3, -0.25) is 10.1 Å². The zero-order chi connectivity index (χ0) is 14.7. The summed E-state index contributed by atoms with van der Waals surface area (Å²) in [6.45, 7) is -0.0925. The SMILES string of the molecule is O=[N+]([O-])c1cccc(F)c1NCc1ccc(Cl)cc1F. The zero-order valence-electron chi connectivity index (χ0n) is 10.1. The summed E-state index contributed by atoms with van der Waals surface area (Å²) < 4.78 is 27.2. The van der Waals surface area contributed by atoms with Crippen molar-refractivity contribution in [3.05, 3.63) is 68.7 Å². The number of nitro groups is 1. The first-order chi connectivity index (χ1) is 9.49. The first-order valence-corrected chi connectivity index (χ1v) is 5.97. The number of nitrogens with one attached hydrogen (secondary N) is 1. The lowest BCUT2D eigenvalue weighted by molar-refractivity contribution is -0.384. The molecule has 0 aromatic heterocycles. The fourth-order valence-corrected chi connectivity index (χ4v) is 1.85. The van der Waals surface area contributed by atoms with Gasteiger partial charge in [-0.25, -0.2) is 8.78 Å². The standard InChI is InChI=1S/C13H9ClF2N2O2/c14-9-5-4-8(11(16)6-9)7-17-13-10(15)2-1-3-12(13)18(19)20/h1-6,17H,7H2. The number of nitro benzene ring substituents is 1. The summed E-state index contributed by atoms with van der Waals surface area (Å²) in [7, 11) is 0. The van der Waals surface area contributed by atoms with Crippen molar-refractivity contribution in [2.24, 2.45) is 0 Å². The maximum absolute atomic E-state index is 13.6. The lowest BCUT2D eigenvalue weighted by Gasteiger charge is -2.09. The summed E-state index contributed by atoms with van der Waals surface area (Å²) in [4.78, 5) is 10.1. The van der Waals surface area contributed by atoms with Crippen LogP contribution in [-0.2, 0) is 6.54 Å². The number of benzene rings is 2. The van der Waals surface area contributed by atoms with Gasteiger partial charge in [0.2, 0.25) is 0 Å². The number of para-hydroxylation sites is 1. The van der Waals surface area contributed by atoms with Crippen LogP contribution in [0.5, 0.6) is 0 Å². The molecule has 0 fully saturated rings. The summed E-state index contributed by atoms with van der Waals surface area (Å²) in [5.74, 6) is -1.34. The Kier molecular flexibility index (Phi) is 4.14. The van der Waals surface area contributed by atoms with Gasteiger partial charge in [-0.1, -0.05) is 23.7 Å². The van der Waals surface area contributed by atoms with Crippen LogP contribution in [0.1, 0.15) is 5.56 Å². The van der Waals surface area contributed by atoms with Crippen LogP contribution >= 0.6 is 11.6 Å². The highest BCUT2D eigenvalue weighted by atomic mass is 35.5. The second-order valence-electron chi connectivity index (χ2n) is 3.98.